The molecule has 68 valence electrons. The van der Waals surface area contributed by atoms with Gasteiger partial charge in [0.25, 0.3) is 0 Å². The predicted molar refractivity (Wildman–Crippen MR) is 49.1 cm³/mol. The molecule has 0 unspecified atom stereocenters. The van der Waals surface area contributed by atoms with E-state index in [9.17, 15) is 4.79 Å². The van der Waals surface area contributed by atoms with Gasteiger partial charge in [0.1, 0.15) is 17.5 Å². The molecule has 0 aliphatic rings. The number of carbonyl (C=O) groups excluding carboxylic acids is 1. The monoisotopic (exact) mass is 176 g/mol. The van der Waals surface area contributed by atoms with Crippen LogP contribution in [0.2, 0.25) is 0 Å². The summed E-state index contributed by atoms with van der Waals surface area (Å²) in [5.41, 5.74) is 0.656. The van der Waals surface area contributed by atoms with Crippen molar-refractivity contribution in [2.75, 3.05) is 0 Å². The molecule has 3 nitrogen and oxygen atoms in total. The second kappa shape index (κ2) is 4.46. The second-order valence-electron chi connectivity index (χ2n) is 3.00. The number of aromatic nitrogens is 1. The Hall–Kier alpha value is -1.56. The first-order valence-electron chi connectivity index (χ1n) is 4.28. The average Bonchev–Trinajstić information content (AvgIpc) is 2.51. The first kappa shape index (κ1) is 9.53. The Bertz CT molecular complexity index is 333. The number of aryl methyl sites for hydroxylation is 1. The van der Waals surface area contributed by atoms with Crippen LogP contribution in [-0.2, 0) is 11.3 Å². The van der Waals surface area contributed by atoms with Gasteiger partial charge in [-0.1, -0.05) is 0 Å². The fraction of sp³-hybridized carbons (Fsp3) is 0.400. The molecule has 0 fully saturated rings. The molecule has 3 heteroatoms. The molecule has 0 aromatic carbocycles. The SMILES string of the molecule is CC(=O)CCCn1cccc1C#N. The Morgan fingerprint density at radius 1 is 1.69 bits per heavy atom. The first-order valence-corrected chi connectivity index (χ1v) is 4.28. The number of nitriles is 1. The van der Waals surface area contributed by atoms with Crippen LogP contribution >= 0.6 is 0 Å². The number of ketones is 1. The van der Waals surface area contributed by atoms with Crippen LogP contribution in [0.3, 0.4) is 0 Å². The fourth-order valence-corrected chi connectivity index (χ4v) is 1.21. The number of hydrogen-bond acceptors (Lipinski definition) is 2. The maximum Gasteiger partial charge on any atom is 0.129 e. The van der Waals surface area contributed by atoms with Crippen molar-refractivity contribution in [1.82, 2.24) is 4.57 Å². The van der Waals surface area contributed by atoms with E-state index in [-0.39, 0.29) is 5.78 Å². The smallest absolute Gasteiger partial charge is 0.129 e. The third-order valence-electron chi connectivity index (χ3n) is 1.87. The highest BCUT2D eigenvalue weighted by atomic mass is 16.1. The molecule has 1 aromatic rings. The van der Waals surface area contributed by atoms with Crippen LogP contribution in [0, 0.1) is 11.3 Å². The second-order valence-corrected chi connectivity index (χ2v) is 3.00. The van der Waals surface area contributed by atoms with Gasteiger partial charge in [-0.05, 0) is 25.5 Å². The summed E-state index contributed by atoms with van der Waals surface area (Å²) in [6.45, 7) is 2.33. The highest BCUT2D eigenvalue weighted by molar-refractivity contribution is 5.75. The molecule has 0 atom stereocenters. The van der Waals surface area contributed by atoms with Gasteiger partial charge >= 0.3 is 0 Å². The van der Waals surface area contributed by atoms with Gasteiger partial charge < -0.3 is 9.36 Å². The third kappa shape index (κ3) is 2.75. The van der Waals surface area contributed by atoms with Crippen molar-refractivity contribution in [3.8, 4) is 6.07 Å². The predicted octanol–water partition coefficient (Wildman–Crippen LogP) is 1.73. The van der Waals surface area contributed by atoms with Crippen molar-refractivity contribution in [2.24, 2.45) is 0 Å². The van der Waals surface area contributed by atoms with Crippen molar-refractivity contribution in [1.29, 1.82) is 5.26 Å². The Kier molecular flexibility index (Phi) is 3.27. The summed E-state index contributed by atoms with van der Waals surface area (Å²) in [4.78, 5) is 10.7. The minimum absolute atomic E-state index is 0.200. The molecule has 1 aromatic heterocycles. The number of hydrogen-bond donors (Lipinski definition) is 0. The normalized spacial score (nSPS) is 9.54. The van der Waals surface area contributed by atoms with E-state index < -0.39 is 0 Å². The fourth-order valence-electron chi connectivity index (χ4n) is 1.21. The zero-order valence-corrected chi connectivity index (χ0v) is 7.66. The van der Waals surface area contributed by atoms with Crippen LogP contribution in [0.15, 0.2) is 18.3 Å². The summed E-state index contributed by atoms with van der Waals surface area (Å²) in [7, 11) is 0. The van der Waals surface area contributed by atoms with Crippen LogP contribution in [0.5, 0.6) is 0 Å². The van der Waals surface area contributed by atoms with Crippen molar-refractivity contribution in [3.63, 3.8) is 0 Å². The van der Waals surface area contributed by atoms with Crippen LogP contribution in [0.1, 0.15) is 25.5 Å². The molecule has 0 saturated heterocycles. The van der Waals surface area contributed by atoms with E-state index in [1.807, 2.05) is 16.8 Å². The summed E-state index contributed by atoms with van der Waals surface area (Å²) in [5.74, 6) is 0.200. The molecular weight excluding hydrogens is 164 g/mol. The Balaban J connectivity index is 2.46. The lowest BCUT2D eigenvalue weighted by Gasteiger charge is -2.02. The van der Waals surface area contributed by atoms with Crippen molar-refractivity contribution < 1.29 is 4.79 Å². The lowest BCUT2D eigenvalue weighted by molar-refractivity contribution is -0.117. The molecule has 1 heterocycles. The van der Waals surface area contributed by atoms with Gasteiger partial charge in [0, 0.05) is 19.2 Å². The molecule has 0 N–H and O–H groups in total. The Labute approximate surface area is 77.6 Å². The van der Waals surface area contributed by atoms with Crippen LogP contribution in [-0.4, -0.2) is 10.4 Å². The molecular formula is C10H12N2O. The molecule has 0 aliphatic carbocycles. The van der Waals surface area contributed by atoms with Gasteiger partial charge in [0.05, 0.1) is 0 Å². The zero-order valence-electron chi connectivity index (χ0n) is 7.66. The number of nitrogens with zero attached hydrogens (tertiary/aromatic N) is 2. The van der Waals surface area contributed by atoms with Crippen LogP contribution in [0.4, 0.5) is 0 Å². The third-order valence-corrected chi connectivity index (χ3v) is 1.87. The van der Waals surface area contributed by atoms with E-state index >= 15 is 0 Å². The summed E-state index contributed by atoms with van der Waals surface area (Å²) >= 11 is 0. The topological polar surface area (TPSA) is 45.8 Å². The van der Waals surface area contributed by atoms with Crippen LogP contribution in [0.25, 0.3) is 0 Å². The molecule has 0 bridgehead atoms. The summed E-state index contributed by atoms with van der Waals surface area (Å²) in [6, 6.07) is 5.70. The number of rotatable bonds is 4. The average molecular weight is 176 g/mol. The zero-order chi connectivity index (χ0) is 9.68. The molecule has 13 heavy (non-hydrogen) atoms. The minimum atomic E-state index is 0.200. The Morgan fingerprint density at radius 3 is 3.08 bits per heavy atom. The summed E-state index contributed by atoms with van der Waals surface area (Å²) in [5, 5.41) is 8.68. The molecule has 0 amide bonds. The van der Waals surface area contributed by atoms with E-state index in [0.29, 0.717) is 12.1 Å². The van der Waals surface area contributed by atoms with E-state index in [1.165, 1.54) is 0 Å². The molecule has 0 aliphatic heterocycles. The largest absolute Gasteiger partial charge is 0.339 e. The highest BCUT2D eigenvalue weighted by Crippen LogP contribution is 2.03. The van der Waals surface area contributed by atoms with Crippen molar-refractivity contribution in [2.45, 2.75) is 26.3 Å². The van der Waals surface area contributed by atoms with Gasteiger partial charge in [-0.3, -0.25) is 0 Å². The van der Waals surface area contributed by atoms with Crippen LogP contribution < -0.4 is 0 Å². The maximum absolute atomic E-state index is 10.7. The van der Waals surface area contributed by atoms with Gasteiger partial charge in [0.15, 0.2) is 0 Å². The van der Waals surface area contributed by atoms with Gasteiger partial charge in [-0.25, -0.2) is 0 Å². The quantitative estimate of drug-likeness (QED) is 0.701. The van der Waals surface area contributed by atoms with E-state index in [4.69, 9.17) is 5.26 Å². The van der Waals surface area contributed by atoms with E-state index in [0.717, 1.165) is 13.0 Å². The lowest BCUT2D eigenvalue weighted by atomic mass is 10.2. The minimum Gasteiger partial charge on any atom is -0.339 e. The van der Waals surface area contributed by atoms with Crippen molar-refractivity contribution in [3.05, 3.63) is 24.0 Å². The molecule has 0 spiro atoms. The van der Waals surface area contributed by atoms with Crippen molar-refractivity contribution >= 4 is 5.78 Å². The molecule has 1 rings (SSSR count). The summed E-state index contributed by atoms with van der Waals surface area (Å²) in [6.07, 6.45) is 3.25. The van der Waals surface area contributed by atoms with E-state index in [2.05, 4.69) is 6.07 Å². The highest BCUT2D eigenvalue weighted by Gasteiger charge is 1.99. The van der Waals surface area contributed by atoms with Gasteiger partial charge in [-0.2, -0.15) is 5.26 Å². The standard InChI is InChI=1S/C10H12N2O/c1-9(13)4-2-6-12-7-3-5-10(12)8-11/h3,5,7H,2,4,6H2,1H3. The van der Waals surface area contributed by atoms with E-state index in [1.54, 1.807) is 13.0 Å². The summed E-state index contributed by atoms with van der Waals surface area (Å²) < 4.78 is 1.86. The first-order chi connectivity index (χ1) is 6.24. The lowest BCUT2D eigenvalue weighted by Crippen LogP contribution is -2.01. The van der Waals surface area contributed by atoms with Gasteiger partial charge in [-0.15, -0.1) is 0 Å². The molecule has 0 radical (unpaired) electrons. The van der Waals surface area contributed by atoms with Gasteiger partial charge in [0.2, 0.25) is 0 Å². The maximum atomic E-state index is 10.7. The molecule has 0 saturated carbocycles. The number of Topliss-reactive ketones (excluding diaryl/α,β-unsaturated/α-hetero) is 1. The Morgan fingerprint density at radius 2 is 2.46 bits per heavy atom. The number of carbonyl (C=O) groups is 1.